The predicted octanol–water partition coefficient (Wildman–Crippen LogP) is 6.06. The molecule has 1 rings (SSSR count). The van der Waals surface area contributed by atoms with E-state index in [0.717, 1.165) is 12.8 Å². The maximum absolute atomic E-state index is 13.1. The fraction of sp³-hybridized carbons (Fsp3) is 0.650. The highest BCUT2D eigenvalue weighted by Gasteiger charge is 2.29. The van der Waals surface area contributed by atoms with Crippen LogP contribution in [-0.2, 0) is 4.79 Å². The molecular weight excluding hydrogens is 324 g/mol. The molecule has 1 amide bonds. The number of anilines is 1. The Morgan fingerprint density at radius 3 is 2.00 bits per heavy atom. The quantitative estimate of drug-likeness (QED) is 0.673. The average molecular weight is 355 g/mol. The van der Waals surface area contributed by atoms with Crippen molar-refractivity contribution in [2.75, 3.05) is 12.4 Å². The number of ether oxygens (including phenoxy) is 1. The second-order valence-electron chi connectivity index (χ2n) is 8.97. The lowest BCUT2D eigenvalue weighted by Crippen LogP contribution is -2.30. The number of amides is 1. The van der Waals surface area contributed by atoms with Gasteiger partial charge in [0, 0.05) is 11.6 Å². The molecule has 0 saturated heterocycles. The van der Waals surface area contributed by atoms with E-state index in [2.05, 4.69) is 46.9 Å². The maximum atomic E-state index is 13.1. The number of hydrogen-bond donors (Lipinski definition) is 1. The lowest BCUT2D eigenvalue weighted by molar-refractivity contribution is -0.121. The summed E-state index contributed by atoms with van der Waals surface area (Å²) >= 11 is 0. The number of carbonyl (C=O) groups is 1. The Bertz CT molecular complexity index is 570. The molecule has 0 aliphatic heterocycles. The van der Waals surface area contributed by atoms with Crippen molar-refractivity contribution in [2.45, 2.75) is 60.8 Å². The summed E-state index contributed by atoms with van der Waals surface area (Å²) in [7, 11) is 1.35. The van der Waals surface area contributed by atoms with Gasteiger partial charge in [-0.3, -0.25) is 4.79 Å². The van der Waals surface area contributed by atoms with Crippen LogP contribution in [0.4, 0.5) is 14.5 Å². The first-order valence-corrected chi connectivity index (χ1v) is 8.59. The van der Waals surface area contributed by atoms with E-state index in [1.54, 1.807) is 6.07 Å². The van der Waals surface area contributed by atoms with Crippen LogP contribution in [0.25, 0.3) is 0 Å². The number of rotatable bonds is 6. The van der Waals surface area contributed by atoms with Crippen LogP contribution in [0.15, 0.2) is 18.2 Å². The van der Waals surface area contributed by atoms with Gasteiger partial charge in [-0.1, -0.05) is 41.5 Å². The van der Waals surface area contributed by atoms with Crippen molar-refractivity contribution in [2.24, 2.45) is 16.7 Å². The van der Waals surface area contributed by atoms with Gasteiger partial charge in [0.15, 0.2) is 0 Å². The number of hydrogen-bond acceptors (Lipinski definition) is 2. The molecule has 1 N–H and O–H groups in total. The molecule has 0 aromatic heterocycles. The molecule has 5 heteroatoms. The fourth-order valence-electron chi connectivity index (χ4n) is 2.96. The molecule has 0 spiro atoms. The summed E-state index contributed by atoms with van der Waals surface area (Å²) in [5.74, 6) is -0.193. The Labute approximate surface area is 150 Å². The van der Waals surface area contributed by atoms with E-state index in [4.69, 9.17) is 4.74 Å². The summed E-state index contributed by atoms with van der Waals surface area (Å²) in [6.07, 6.45) is -1.20. The maximum Gasteiger partial charge on any atom is 0.267 e. The van der Waals surface area contributed by atoms with Crippen molar-refractivity contribution in [1.82, 2.24) is 0 Å². The highest BCUT2D eigenvalue weighted by molar-refractivity contribution is 5.92. The van der Waals surface area contributed by atoms with Crippen molar-refractivity contribution in [3.8, 4) is 5.75 Å². The minimum absolute atomic E-state index is 0.00129. The summed E-state index contributed by atoms with van der Waals surface area (Å²) in [6, 6.07) is 4.33. The Hall–Kier alpha value is -1.65. The van der Waals surface area contributed by atoms with E-state index in [9.17, 15) is 13.6 Å². The highest BCUT2D eigenvalue weighted by atomic mass is 19.3. The molecule has 0 saturated carbocycles. The van der Waals surface area contributed by atoms with Crippen LogP contribution in [0.2, 0.25) is 0 Å². The van der Waals surface area contributed by atoms with Crippen LogP contribution >= 0.6 is 0 Å². The van der Waals surface area contributed by atoms with Crippen LogP contribution in [0.1, 0.15) is 66.4 Å². The van der Waals surface area contributed by atoms with Gasteiger partial charge >= 0.3 is 0 Å². The third-order valence-corrected chi connectivity index (χ3v) is 3.82. The van der Waals surface area contributed by atoms with Gasteiger partial charge in [0.2, 0.25) is 5.91 Å². The smallest absolute Gasteiger partial charge is 0.267 e. The lowest BCUT2D eigenvalue weighted by atomic mass is 9.76. The van der Waals surface area contributed by atoms with Gasteiger partial charge in [-0.25, -0.2) is 8.78 Å². The van der Waals surface area contributed by atoms with E-state index in [1.807, 2.05) is 0 Å². The molecule has 0 bridgehead atoms. The molecule has 0 atom stereocenters. The van der Waals surface area contributed by atoms with Gasteiger partial charge in [-0.15, -0.1) is 0 Å². The molecule has 1 aromatic rings. The largest absolute Gasteiger partial charge is 0.496 e. The molecule has 0 unspecified atom stereocenters. The standard InChI is InChI=1S/C20H31F2NO2/c1-19(2,3)11-13(12-20(4,5)6)18(24)23-14-8-9-16(25-7)15(10-14)17(21)22/h8-10,13,17H,11-12H2,1-7H3,(H,23,24). The van der Waals surface area contributed by atoms with Gasteiger partial charge in [0.25, 0.3) is 6.43 Å². The normalized spacial score (nSPS) is 12.6. The molecule has 25 heavy (non-hydrogen) atoms. The summed E-state index contributed by atoms with van der Waals surface area (Å²) in [5.41, 5.74) is 0.153. The number of benzene rings is 1. The number of carbonyl (C=O) groups excluding carboxylic acids is 1. The lowest BCUT2D eigenvalue weighted by Gasteiger charge is -2.30. The van der Waals surface area contributed by atoms with Gasteiger partial charge in [-0.2, -0.15) is 0 Å². The van der Waals surface area contributed by atoms with Crippen LogP contribution < -0.4 is 10.1 Å². The number of nitrogens with one attached hydrogen (secondary N) is 1. The Morgan fingerprint density at radius 1 is 1.08 bits per heavy atom. The third-order valence-electron chi connectivity index (χ3n) is 3.82. The zero-order valence-electron chi connectivity index (χ0n) is 16.4. The van der Waals surface area contributed by atoms with Crippen molar-refractivity contribution in [3.63, 3.8) is 0 Å². The SMILES string of the molecule is COc1ccc(NC(=O)C(CC(C)(C)C)CC(C)(C)C)cc1C(F)F. The van der Waals surface area contributed by atoms with Crippen molar-refractivity contribution < 1.29 is 18.3 Å². The fourth-order valence-corrected chi connectivity index (χ4v) is 2.96. The van der Waals surface area contributed by atoms with E-state index >= 15 is 0 Å². The summed E-state index contributed by atoms with van der Waals surface area (Å²) < 4.78 is 31.2. The summed E-state index contributed by atoms with van der Waals surface area (Å²) in [4.78, 5) is 12.8. The zero-order chi connectivity index (χ0) is 19.4. The first-order chi connectivity index (χ1) is 11.3. The van der Waals surface area contributed by atoms with E-state index in [0.29, 0.717) is 5.69 Å². The van der Waals surface area contributed by atoms with E-state index in [1.165, 1.54) is 19.2 Å². The van der Waals surface area contributed by atoms with Crippen molar-refractivity contribution in [1.29, 1.82) is 0 Å². The predicted molar refractivity (Wildman–Crippen MR) is 98.2 cm³/mol. The minimum Gasteiger partial charge on any atom is -0.496 e. The van der Waals surface area contributed by atoms with Crippen molar-refractivity contribution in [3.05, 3.63) is 23.8 Å². The van der Waals surface area contributed by atoms with Crippen LogP contribution in [0, 0.1) is 16.7 Å². The number of halogens is 2. The first kappa shape index (κ1) is 21.4. The van der Waals surface area contributed by atoms with E-state index in [-0.39, 0.29) is 34.0 Å². The Morgan fingerprint density at radius 2 is 1.60 bits per heavy atom. The van der Waals surface area contributed by atoms with Gasteiger partial charge in [0.05, 0.1) is 12.7 Å². The molecule has 1 aromatic carbocycles. The highest BCUT2D eigenvalue weighted by Crippen LogP contribution is 2.35. The monoisotopic (exact) mass is 355 g/mol. The average Bonchev–Trinajstić information content (AvgIpc) is 2.43. The first-order valence-electron chi connectivity index (χ1n) is 8.59. The molecule has 0 aliphatic carbocycles. The minimum atomic E-state index is -2.66. The molecule has 3 nitrogen and oxygen atoms in total. The van der Waals surface area contributed by atoms with Crippen LogP contribution in [0.5, 0.6) is 5.75 Å². The second kappa shape index (κ2) is 8.15. The van der Waals surface area contributed by atoms with E-state index < -0.39 is 6.43 Å². The van der Waals surface area contributed by atoms with Crippen molar-refractivity contribution >= 4 is 11.6 Å². The third kappa shape index (κ3) is 7.41. The summed E-state index contributed by atoms with van der Waals surface area (Å²) in [6.45, 7) is 12.6. The summed E-state index contributed by atoms with van der Waals surface area (Å²) in [5, 5.41) is 2.81. The topological polar surface area (TPSA) is 38.3 Å². The van der Waals surface area contributed by atoms with Gasteiger partial charge in [-0.05, 0) is 41.9 Å². The molecular formula is C20H31F2NO2. The second-order valence-corrected chi connectivity index (χ2v) is 8.97. The molecule has 0 heterocycles. The van der Waals surface area contributed by atoms with Crippen LogP contribution in [0.3, 0.4) is 0 Å². The number of methoxy groups -OCH3 is 1. The Kier molecular flexibility index (Phi) is 6.98. The molecule has 0 fully saturated rings. The van der Waals surface area contributed by atoms with Gasteiger partial charge in [0.1, 0.15) is 5.75 Å². The van der Waals surface area contributed by atoms with Gasteiger partial charge < -0.3 is 10.1 Å². The zero-order valence-corrected chi connectivity index (χ0v) is 16.4. The molecule has 0 radical (unpaired) electrons. The Balaban J connectivity index is 3.01. The molecule has 142 valence electrons. The number of alkyl halides is 2. The van der Waals surface area contributed by atoms with Crippen LogP contribution in [-0.4, -0.2) is 13.0 Å². The molecule has 0 aliphatic rings.